The predicted octanol–water partition coefficient (Wildman–Crippen LogP) is 0.771. The summed E-state index contributed by atoms with van der Waals surface area (Å²) in [6, 6.07) is -0.150. The van der Waals surface area contributed by atoms with Crippen LogP contribution in [-0.4, -0.2) is 74.5 Å². The summed E-state index contributed by atoms with van der Waals surface area (Å²) in [6.45, 7) is 7.75. The fraction of sp³-hybridized carbons (Fsp3) is 0.833. The van der Waals surface area contributed by atoms with Crippen LogP contribution < -0.4 is 0 Å². The second-order valence-corrected chi connectivity index (χ2v) is 6.50. The van der Waals surface area contributed by atoms with Crippen molar-refractivity contribution in [3.05, 3.63) is 0 Å². The highest BCUT2D eigenvalue weighted by atomic mass is 16.6. The molecular weight excluding hydrogens is 342 g/mol. The predicted molar refractivity (Wildman–Crippen MR) is 91.2 cm³/mol. The third kappa shape index (κ3) is 4.94. The molecular formula is C18H29NO7. The van der Waals surface area contributed by atoms with Gasteiger partial charge < -0.3 is 18.9 Å². The maximum absolute atomic E-state index is 12.7. The summed E-state index contributed by atoms with van der Waals surface area (Å²) in [5, 5.41) is 0. The third-order valence-electron chi connectivity index (χ3n) is 4.90. The van der Waals surface area contributed by atoms with Crippen molar-refractivity contribution < 1.29 is 33.3 Å². The van der Waals surface area contributed by atoms with E-state index in [0.717, 1.165) is 0 Å². The number of morpholine rings is 1. The summed E-state index contributed by atoms with van der Waals surface area (Å²) >= 11 is 0. The number of carbonyl (C=O) groups is 3. The molecule has 1 saturated heterocycles. The van der Waals surface area contributed by atoms with Crippen LogP contribution in [0.1, 0.15) is 33.6 Å². The van der Waals surface area contributed by atoms with E-state index in [9.17, 15) is 14.4 Å². The van der Waals surface area contributed by atoms with Gasteiger partial charge in [0.05, 0.1) is 32.3 Å². The molecule has 0 aromatic carbocycles. The van der Waals surface area contributed by atoms with Gasteiger partial charge in [0.15, 0.2) is 0 Å². The standard InChI is InChI=1S/C18H29NO7/c1-4-24-17(21)13-6-7-14(19-8-10-23-11-9-19)16(26-12(3)20)15(13)18(22)25-5-2/h13-16H,4-11H2,1-3H3/t13-,14-,15+,16+/m1/s1. The Bertz CT molecular complexity index is 504. The zero-order chi connectivity index (χ0) is 19.1. The van der Waals surface area contributed by atoms with Crippen molar-refractivity contribution in [1.82, 2.24) is 4.90 Å². The summed E-state index contributed by atoms with van der Waals surface area (Å²) < 4.78 is 21.3. The molecule has 0 unspecified atom stereocenters. The highest BCUT2D eigenvalue weighted by Gasteiger charge is 2.51. The monoisotopic (exact) mass is 371 g/mol. The maximum atomic E-state index is 12.7. The first kappa shape index (κ1) is 20.6. The molecule has 148 valence electrons. The molecule has 1 aliphatic carbocycles. The second kappa shape index (κ2) is 9.87. The number of rotatable bonds is 6. The van der Waals surface area contributed by atoms with Crippen molar-refractivity contribution in [2.24, 2.45) is 11.8 Å². The van der Waals surface area contributed by atoms with Crippen LogP contribution in [0.25, 0.3) is 0 Å². The van der Waals surface area contributed by atoms with Gasteiger partial charge in [0, 0.05) is 26.1 Å². The Morgan fingerprint density at radius 3 is 2.19 bits per heavy atom. The van der Waals surface area contributed by atoms with E-state index in [0.29, 0.717) is 39.1 Å². The average Bonchev–Trinajstić information content (AvgIpc) is 2.62. The Kier molecular flexibility index (Phi) is 7.84. The highest BCUT2D eigenvalue weighted by molar-refractivity contribution is 5.83. The third-order valence-corrected chi connectivity index (χ3v) is 4.90. The van der Waals surface area contributed by atoms with E-state index in [2.05, 4.69) is 4.90 Å². The molecule has 4 atom stereocenters. The van der Waals surface area contributed by atoms with Gasteiger partial charge in [-0.15, -0.1) is 0 Å². The first-order chi connectivity index (χ1) is 12.5. The molecule has 0 N–H and O–H groups in total. The van der Waals surface area contributed by atoms with Gasteiger partial charge in [-0.05, 0) is 26.7 Å². The van der Waals surface area contributed by atoms with Crippen LogP contribution in [0.4, 0.5) is 0 Å². The first-order valence-corrected chi connectivity index (χ1v) is 9.31. The van der Waals surface area contributed by atoms with Crippen LogP contribution in [0.5, 0.6) is 0 Å². The first-order valence-electron chi connectivity index (χ1n) is 9.31. The zero-order valence-corrected chi connectivity index (χ0v) is 15.8. The van der Waals surface area contributed by atoms with Crippen LogP contribution in [0.15, 0.2) is 0 Å². The minimum atomic E-state index is -0.862. The van der Waals surface area contributed by atoms with Gasteiger partial charge in [-0.25, -0.2) is 0 Å². The Morgan fingerprint density at radius 2 is 1.62 bits per heavy atom. The molecule has 2 fully saturated rings. The number of hydrogen-bond donors (Lipinski definition) is 0. The van der Waals surface area contributed by atoms with Crippen LogP contribution in [0, 0.1) is 11.8 Å². The molecule has 2 rings (SSSR count). The fourth-order valence-electron chi connectivity index (χ4n) is 3.86. The number of esters is 3. The molecule has 0 aromatic rings. The molecule has 1 saturated carbocycles. The van der Waals surface area contributed by atoms with Gasteiger partial charge in [0.2, 0.25) is 0 Å². The van der Waals surface area contributed by atoms with Gasteiger partial charge in [-0.1, -0.05) is 0 Å². The smallest absolute Gasteiger partial charge is 0.313 e. The minimum Gasteiger partial charge on any atom is -0.466 e. The molecule has 0 bridgehead atoms. The zero-order valence-electron chi connectivity index (χ0n) is 15.8. The van der Waals surface area contributed by atoms with Crippen LogP contribution in [-0.2, 0) is 33.3 Å². The lowest BCUT2D eigenvalue weighted by atomic mass is 9.73. The fourth-order valence-corrected chi connectivity index (χ4v) is 3.86. The topological polar surface area (TPSA) is 91.4 Å². The van der Waals surface area contributed by atoms with E-state index >= 15 is 0 Å². The van der Waals surface area contributed by atoms with Crippen molar-refractivity contribution in [2.45, 2.75) is 45.8 Å². The Hall–Kier alpha value is -1.67. The lowest BCUT2D eigenvalue weighted by Crippen LogP contribution is -2.58. The molecule has 26 heavy (non-hydrogen) atoms. The molecule has 1 aliphatic heterocycles. The van der Waals surface area contributed by atoms with Crippen molar-refractivity contribution in [2.75, 3.05) is 39.5 Å². The van der Waals surface area contributed by atoms with Gasteiger partial charge in [0.1, 0.15) is 12.0 Å². The van der Waals surface area contributed by atoms with E-state index in [1.165, 1.54) is 6.92 Å². The average molecular weight is 371 g/mol. The minimum absolute atomic E-state index is 0.150. The molecule has 0 radical (unpaired) electrons. The van der Waals surface area contributed by atoms with Crippen LogP contribution in [0.3, 0.4) is 0 Å². The van der Waals surface area contributed by atoms with Crippen molar-refractivity contribution in [3.8, 4) is 0 Å². The van der Waals surface area contributed by atoms with Gasteiger partial charge >= 0.3 is 17.9 Å². The summed E-state index contributed by atoms with van der Waals surface area (Å²) in [6.07, 6.45) is 0.382. The second-order valence-electron chi connectivity index (χ2n) is 6.50. The summed E-state index contributed by atoms with van der Waals surface area (Å²) in [7, 11) is 0. The van der Waals surface area contributed by atoms with E-state index < -0.39 is 35.8 Å². The maximum Gasteiger partial charge on any atom is 0.313 e. The SMILES string of the molecule is CCOC(=O)[C@@H]1[C@@H](OC(C)=O)[C@H](N2CCOCC2)CC[C@H]1C(=O)OCC. The molecule has 8 nitrogen and oxygen atoms in total. The lowest BCUT2D eigenvalue weighted by molar-refractivity contribution is -0.182. The van der Waals surface area contributed by atoms with Crippen molar-refractivity contribution >= 4 is 17.9 Å². The Morgan fingerprint density at radius 1 is 1.00 bits per heavy atom. The van der Waals surface area contributed by atoms with Gasteiger partial charge in [0.25, 0.3) is 0 Å². The molecule has 8 heteroatoms. The number of hydrogen-bond acceptors (Lipinski definition) is 8. The summed E-state index contributed by atoms with van der Waals surface area (Å²) in [4.78, 5) is 39.0. The molecule has 2 aliphatic rings. The van der Waals surface area contributed by atoms with Crippen LogP contribution in [0.2, 0.25) is 0 Å². The molecule has 1 heterocycles. The molecule has 0 spiro atoms. The number of carbonyl (C=O) groups excluding carboxylic acids is 3. The highest BCUT2D eigenvalue weighted by Crippen LogP contribution is 2.37. The normalized spacial score (nSPS) is 29.7. The quantitative estimate of drug-likeness (QED) is 0.499. The Labute approximate surface area is 154 Å². The number of ether oxygens (including phenoxy) is 4. The van der Waals surface area contributed by atoms with E-state index in [4.69, 9.17) is 18.9 Å². The molecule has 0 aromatic heterocycles. The summed E-state index contributed by atoms with van der Waals surface area (Å²) in [5.74, 6) is -2.97. The molecule has 0 amide bonds. The van der Waals surface area contributed by atoms with E-state index in [1.807, 2.05) is 0 Å². The van der Waals surface area contributed by atoms with E-state index in [1.54, 1.807) is 13.8 Å². The van der Waals surface area contributed by atoms with Crippen LogP contribution >= 0.6 is 0 Å². The van der Waals surface area contributed by atoms with Gasteiger partial charge in [-0.2, -0.15) is 0 Å². The largest absolute Gasteiger partial charge is 0.466 e. The summed E-state index contributed by atoms with van der Waals surface area (Å²) in [5.41, 5.74) is 0. The van der Waals surface area contributed by atoms with Gasteiger partial charge in [-0.3, -0.25) is 19.3 Å². The van der Waals surface area contributed by atoms with E-state index in [-0.39, 0.29) is 19.3 Å². The van der Waals surface area contributed by atoms with Crippen molar-refractivity contribution in [1.29, 1.82) is 0 Å². The lowest BCUT2D eigenvalue weighted by Gasteiger charge is -2.45. The van der Waals surface area contributed by atoms with Crippen molar-refractivity contribution in [3.63, 3.8) is 0 Å². The number of nitrogens with zero attached hydrogens (tertiary/aromatic N) is 1. The Balaban J connectivity index is 2.31.